The monoisotopic (exact) mass is 282 g/mol. The summed E-state index contributed by atoms with van der Waals surface area (Å²) in [5.74, 6) is -0.535. The van der Waals surface area contributed by atoms with Crippen LogP contribution in [0, 0.1) is 10.1 Å². The molecule has 0 unspecified atom stereocenters. The maximum absolute atomic E-state index is 11.0. The Bertz CT molecular complexity index is 476. The van der Waals surface area contributed by atoms with E-state index < -0.39 is 10.9 Å². The topological polar surface area (TPSA) is 90.7 Å². The van der Waals surface area contributed by atoms with Gasteiger partial charge in [-0.2, -0.15) is 0 Å². The summed E-state index contributed by atoms with van der Waals surface area (Å²) in [7, 11) is 1.22. The molecule has 1 N–H and O–H groups in total. The fourth-order valence-electron chi connectivity index (χ4n) is 1.54. The third-order valence-electron chi connectivity index (χ3n) is 2.55. The van der Waals surface area contributed by atoms with Gasteiger partial charge >= 0.3 is 11.7 Å². The first-order chi connectivity index (χ1) is 9.58. The number of carbonyl (C=O) groups excluding carboxylic acids is 1. The number of nitrogens with zero attached hydrogens (tertiary/aromatic N) is 1. The molecule has 0 saturated heterocycles. The van der Waals surface area contributed by atoms with Gasteiger partial charge in [0.1, 0.15) is 0 Å². The van der Waals surface area contributed by atoms with E-state index in [0.29, 0.717) is 6.54 Å². The Morgan fingerprint density at radius 2 is 2.20 bits per heavy atom. The van der Waals surface area contributed by atoms with Crippen LogP contribution in [0.3, 0.4) is 0 Å². The van der Waals surface area contributed by atoms with Crippen LogP contribution in [-0.2, 0) is 16.1 Å². The third kappa shape index (κ3) is 4.85. The first kappa shape index (κ1) is 15.9. The van der Waals surface area contributed by atoms with Gasteiger partial charge in [0.15, 0.2) is 12.4 Å². The maximum Gasteiger partial charge on any atom is 0.343 e. The van der Waals surface area contributed by atoms with Gasteiger partial charge in [0.25, 0.3) is 0 Å². The molecule has 110 valence electrons. The lowest BCUT2D eigenvalue weighted by atomic mass is 10.2. The molecule has 0 heterocycles. The van der Waals surface area contributed by atoms with E-state index >= 15 is 0 Å². The standard InChI is InChI=1S/C13H18N2O5/c1-3-6-14-8-10-4-5-12(11(7-10)15(17)18)20-9-13(16)19-2/h4-5,7,14H,3,6,8-9H2,1-2H3. The number of nitro benzene ring substituents is 1. The molecule has 1 aromatic carbocycles. The molecule has 1 aromatic rings. The van der Waals surface area contributed by atoms with Gasteiger partial charge in [-0.15, -0.1) is 0 Å². The van der Waals surface area contributed by atoms with Gasteiger partial charge in [-0.3, -0.25) is 10.1 Å². The van der Waals surface area contributed by atoms with Crippen molar-refractivity contribution in [3.63, 3.8) is 0 Å². The van der Waals surface area contributed by atoms with Crippen molar-refractivity contribution >= 4 is 11.7 Å². The van der Waals surface area contributed by atoms with Crippen LogP contribution in [0.1, 0.15) is 18.9 Å². The van der Waals surface area contributed by atoms with Gasteiger partial charge in [0.05, 0.1) is 12.0 Å². The molecule has 0 saturated carbocycles. The fraction of sp³-hybridized carbons (Fsp3) is 0.462. The lowest BCUT2D eigenvalue weighted by molar-refractivity contribution is -0.385. The number of benzene rings is 1. The van der Waals surface area contributed by atoms with Gasteiger partial charge in [-0.25, -0.2) is 4.79 Å². The first-order valence-corrected chi connectivity index (χ1v) is 6.26. The predicted octanol–water partition coefficient (Wildman–Crippen LogP) is 1.65. The maximum atomic E-state index is 11.0. The number of nitrogens with one attached hydrogen (secondary N) is 1. The molecule has 0 aromatic heterocycles. The summed E-state index contributed by atoms with van der Waals surface area (Å²) in [4.78, 5) is 21.5. The van der Waals surface area contributed by atoms with Crippen molar-refractivity contribution in [2.45, 2.75) is 19.9 Å². The Balaban J connectivity index is 2.79. The van der Waals surface area contributed by atoms with E-state index in [1.165, 1.54) is 19.2 Å². The largest absolute Gasteiger partial charge is 0.475 e. The van der Waals surface area contributed by atoms with Crippen molar-refractivity contribution in [2.24, 2.45) is 0 Å². The van der Waals surface area contributed by atoms with Gasteiger partial charge in [0, 0.05) is 12.6 Å². The summed E-state index contributed by atoms with van der Waals surface area (Å²) in [5, 5.41) is 14.2. The smallest absolute Gasteiger partial charge is 0.343 e. The van der Waals surface area contributed by atoms with Crippen molar-refractivity contribution in [3.8, 4) is 5.75 Å². The molecule has 0 spiro atoms. The van der Waals surface area contributed by atoms with Crippen molar-refractivity contribution in [2.75, 3.05) is 20.3 Å². The number of hydrogen-bond acceptors (Lipinski definition) is 6. The lowest BCUT2D eigenvalue weighted by Gasteiger charge is -2.08. The Morgan fingerprint density at radius 1 is 1.45 bits per heavy atom. The molecule has 0 fully saturated rings. The molecule has 0 radical (unpaired) electrons. The molecular weight excluding hydrogens is 264 g/mol. The average Bonchev–Trinajstić information content (AvgIpc) is 2.45. The van der Waals surface area contributed by atoms with Crippen molar-refractivity contribution in [1.29, 1.82) is 0 Å². The highest BCUT2D eigenvalue weighted by molar-refractivity contribution is 5.71. The number of esters is 1. The Kier molecular flexibility index (Phi) is 6.45. The zero-order chi connectivity index (χ0) is 15.0. The Morgan fingerprint density at radius 3 is 2.80 bits per heavy atom. The van der Waals surface area contributed by atoms with E-state index in [4.69, 9.17) is 4.74 Å². The van der Waals surface area contributed by atoms with Crippen LogP contribution in [0.25, 0.3) is 0 Å². The second-order valence-electron chi connectivity index (χ2n) is 4.10. The molecule has 1 rings (SSSR count). The van der Waals surface area contributed by atoms with E-state index in [2.05, 4.69) is 10.1 Å². The Hall–Kier alpha value is -2.15. The first-order valence-electron chi connectivity index (χ1n) is 6.26. The van der Waals surface area contributed by atoms with Crippen LogP contribution >= 0.6 is 0 Å². The van der Waals surface area contributed by atoms with Gasteiger partial charge in [-0.05, 0) is 24.6 Å². The second-order valence-corrected chi connectivity index (χ2v) is 4.10. The molecule has 0 amide bonds. The summed E-state index contributed by atoms with van der Waals surface area (Å²) >= 11 is 0. The molecule has 20 heavy (non-hydrogen) atoms. The van der Waals surface area contributed by atoms with Gasteiger partial charge in [-0.1, -0.05) is 13.0 Å². The Labute approximate surface area is 117 Å². The number of carbonyl (C=O) groups is 1. The highest BCUT2D eigenvalue weighted by Crippen LogP contribution is 2.27. The predicted molar refractivity (Wildman–Crippen MR) is 72.6 cm³/mol. The zero-order valence-electron chi connectivity index (χ0n) is 11.5. The van der Waals surface area contributed by atoms with Crippen LogP contribution in [0.2, 0.25) is 0 Å². The summed E-state index contributed by atoms with van der Waals surface area (Å²) in [6.45, 7) is 3.07. The number of ether oxygens (including phenoxy) is 2. The summed E-state index contributed by atoms with van der Waals surface area (Å²) in [6.07, 6.45) is 0.989. The molecule has 0 atom stereocenters. The second kappa shape index (κ2) is 8.11. The minimum absolute atomic E-state index is 0.0552. The van der Waals surface area contributed by atoms with Crippen LogP contribution in [0.15, 0.2) is 18.2 Å². The molecule has 7 nitrogen and oxygen atoms in total. The van der Waals surface area contributed by atoms with Gasteiger partial charge in [0.2, 0.25) is 0 Å². The quantitative estimate of drug-likeness (QED) is 0.337. The van der Waals surface area contributed by atoms with E-state index in [9.17, 15) is 14.9 Å². The number of methoxy groups -OCH3 is 1. The molecule has 0 aliphatic carbocycles. The van der Waals surface area contributed by atoms with E-state index in [1.807, 2.05) is 6.92 Å². The van der Waals surface area contributed by atoms with Crippen molar-refractivity contribution < 1.29 is 19.2 Å². The fourth-order valence-corrected chi connectivity index (χ4v) is 1.54. The molecule has 0 aliphatic rings. The van der Waals surface area contributed by atoms with Crippen molar-refractivity contribution in [3.05, 3.63) is 33.9 Å². The van der Waals surface area contributed by atoms with Crippen LogP contribution in [-0.4, -0.2) is 31.2 Å². The summed E-state index contributed by atoms with van der Waals surface area (Å²) < 4.78 is 9.51. The van der Waals surface area contributed by atoms with Crippen molar-refractivity contribution in [1.82, 2.24) is 5.32 Å². The van der Waals surface area contributed by atoms with E-state index in [0.717, 1.165) is 18.5 Å². The molecule has 0 aliphatic heterocycles. The van der Waals surface area contributed by atoms with Gasteiger partial charge < -0.3 is 14.8 Å². The third-order valence-corrected chi connectivity index (χ3v) is 2.55. The number of rotatable bonds is 8. The minimum Gasteiger partial charge on any atom is -0.475 e. The van der Waals surface area contributed by atoms with Crippen LogP contribution in [0.4, 0.5) is 5.69 Å². The summed E-state index contributed by atoms with van der Waals surface area (Å²) in [5.41, 5.74) is 0.625. The normalized spacial score (nSPS) is 10.1. The van der Waals surface area contributed by atoms with E-state index in [1.54, 1.807) is 6.07 Å². The minimum atomic E-state index is -0.590. The molecular formula is C13H18N2O5. The molecule has 0 bridgehead atoms. The highest BCUT2D eigenvalue weighted by atomic mass is 16.6. The summed E-state index contributed by atoms with van der Waals surface area (Å²) in [6, 6.07) is 4.65. The van der Waals surface area contributed by atoms with E-state index in [-0.39, 0.29) is 18.0 Å². The van der Waals surface area contributed by atoms with Crippen LogP contribution in [0.5, 0.6) is 5.75 Å². The zero-order valence-corrected chi connectivity index (χ0v) is 11.5. The number of nitro groups is 1. The lowest BCUT2D eigenvalue weighted by Crippen LogP contribution is -2.15. The SMILES string of the molecule is CCCNCc1ccc(OCC(=O)OC)c([N+](=O)[O-])c1. The molecule has 7 heteroatoms. The number of hydrogen-bond donors (Lipinski definition) is 1. The average molecular weight is 282 g/mol. The van der Waals surface area contributed by atoms with Crippen LogP contribution < -0.4 is 10.1 Å². The highest BCUT2D eigenvalue weighted by Gasteiger charge is 2.17.